The number of nitrogens with zero attached hydrogens (tertiary/aromatic N) is 1. The first-order valence-corrected chi connectivity index (χ1v) is 8.54. The van der Waals surface area contributed by atoms with Gasteiger partial charge in [-0.25, -0.2) is 9.82 Å². The maximum Gasteiger partial charge on any atom is 0.271 e. The third kappa shape index (κ3) is 5.66. The molecule has 1 N–H and O–H groups in total. The van der Waals surface area contributed by atoms with E-state index in [0.717, 1.165) is 11.1 Å². The molecule has 3 aromatic rings. The Morgan fingerprint density at radius 2 is 1.81 bits per heavy atom. The third-order valence-electron chi connectivity index (χ3n) is 3.66. The molecule has 1 amide bonds. The number of halogens is 2. The Morgan fingerprint density at radius 3 is 2.56 bits per heavy atom. The van der Waals surface area contributed by atoms with E-state index in [0.29, 0.717) is 22.9 Å². The van der Waals surface area contributed by atoms with Crippen LogP contribution in [0.15, 0.2) is 77.9 Å². The second kappa shape index (κ2) is 8.96. The van der Waals surface area contributed by atoms with Crippen LogP contribution in [0.25, 0.3) is 0 Å². The molecule has 136 valence electrons. The number of ether oxygens (including phenoxy) is 1. The Morgan fingerprint density at radius 1 is 1.07 bits per heavy atom. The molecule has 0 saturated heterocycles. The van der Waals surface area contributed by atoms with E-state index < -0.39 is 11.7 Å². The molecule has 27 heavy (non-hydrogen) atoms. The molecule has 3 rings (SSSR count). The summed E-state index contributed by atoms with van der Waals surface area (Å²) in [6, 6.07) is 20.0. The van der Waals surface area contributed by atoms with Crippen molar-refractivity contribution in [3.63, 3.8) is 0 Å². The van der Waals surface area contributed by atoms with Crippen LogP contribution in [0.2, 0.25) is 5.02 Å². The summed E-state index contributed by atoms with van der Waals surface area (Å²) in [5.74, 6) is -0.134. The summed E-state index contributed by atoms with van der Waals surface area (Å²) < 4.78 is 18.6. The van der Waals surface area contributed by atoms with Gasteiger partial charge in [-0.2, -0.15) is 5.10 Å². The number of hydrazone groups is 1. The van der Waals surface area contributed by atoms with Gasteiger partial charge in [0.1, 0.15) is 18.2 Å². The first kappa shape index (κ1) is 18.6. The Bertz CT molecular complexity index is 941. The van der Waals surface area contributed by atoms with E-state index >= 15 is 0 Å². The molecule has 3 aromatic carbocycles. The second-order valence-corrected chi connectivity index (χ2v) is 6.13. The summed E-state index contributed by atoms with van der Waals surface area (Å²) >= 11 is 5.86. The molecule has 0 radical (unpaired) electrons. The number of carbonyl (C=O) groups excluding carboxylic acids is 1. The van der Waals surface area contributed by atoms with Crippen LogP contribution < -0.4 is 10.2 Å². The zero-order valence-corrected chi connectivity index (χ0v) is 15.0. The van der Waals surface area contributed by atoms with Gasteiger partial charge in [0.25, 0.3) is 5.91 Å². The number of carbonyl (C=O) groups is 1. The SMILES string of the molecule is O=C(N/N=C\c1cccc(OCc2ccc(Cl)cc2)c1)c1ccc(F)cc1. The summed E-state index contributed by atoms with van der Waals surface area (Å²) in [6.45, 7) is 0.416. The highest BCUT2D eigenvalue weighted by atomic mass is 35.5. The van der Waals surface area contributed by atoms with Gasteiger partial charge in [-0.3, -0.25) is 4.79 Å². The van der Waals surface area contributed by atoms with Gasteiger partial charge in [0.05, 0.1) is 6.21 Å². The van der Waals surface area contributed by atoms with Crippen molar-refractivity contribution in [2.75, 3.05) is 0 Å². The molecule has 0 aliphatic heterocycles. The van der Waals surface area contributed by atoms with Gasteiger partial charge in [-0.15, -0.1) is 0 Å². The number of hydrogen-bond acceptors (Lipinski definition) is 3. The molecule has 0 atom stereocenters. The molecule has 0 aromatic heterocycles. The van der Waals surface area contributed by atoms with Crippen molar-refractivity contribution in [1.29, 1.82) is 0 Å². The Hall–Kier alpha value is -3.18. The van der Waals surface area contributed by atoms with E-state index in [-0.39, 0.29) is 0 Å². The van der Waals surface area contributed by atoms with Crippen LogP contribution >= 0.6 is 11.6 Å². The van der Waals surface area contributed by atoms with Crippen LogP contribution in [0, 0.1) is 5.82 Å². The minimum Gasteiger partial charge on any atom is -0.489 e. The summed E-state index contributed by atoms with van der Waals surface area (Å²) in [5, 5.41) is 4.60. The first-order valence-electron chi connectivity index (χ1n) is 8.16. The van der Waals surface area contributed by atoms with Crippen LogP contribution in [0.5, 0.6) is 5.75 Å². The lowest BCUT2D eigenvalue weighted by Gasteiger charge is -2.07. The lowest BCUT2D eigenvalue weighted by atomic mass is 10.2. The normalized spacial score (nSPS) is 10.7. The predicted molar refractivity (Wildman–Crippen MR) is 104 cm³/mol. The van der Waals surface area contributed by atoms with E-state index in [9.17, 15) is 9.18 Å². The van der Waals surface area contributed by atoms with Crippen molar-refractivity contribution >= 4 is 23.7 Å². The van der Waals surface area contributed by atoms with E-state index in [1.54, 1.807) is 0 Å². The monoisotopic (exact) mass is 382 g/mol. The average Bonchev–Trinajstić information content (AvgIpc) is 2.68. The van der Waals surface area contributed by atoms with Gasteiger partial charge < -0.3 is 4.74 Å². The van der Waals surface area contributed by atoms with Crippen molar-refractivity contribution in [3.8, 4) is 5.75 Å². The number of nitrogens with one attached hydrogen (secondary N) is 1. The highest BCUT2D eigenvalue weighted by Gasteiger charge is 2.03. The molecule has 0 aliphatic rings. The van der Waals surface area contributed by atoms with E-state index in [4.69, 9.17) is 16.3 Å². The van der Waals surface area contributed by atoms with Crippen LogP contribution in [0.3, 0.4) is 0 Å². The van der Waals surface area contributed by atoms with Gasteiger partial charge in [0.2, 0.25) is 0 Å². The fourth-order valence-electron chi connectivity index (χ4n) is 2.26. The van der Waals surface area contributed by atoms with E-state index in [2.05, 4.69) is 10.5 Å². The fraction of sp³-hybridized carbons (Fsp3) is 0.0476. The summed E-state index contributed by atoms with van der Waals surface area (Å²) in [5.41, 5.74) is 4.50. The maximum atomic E-state index is 12.9. The van der Waals surface area contributed by atoms with Gasteiger partial charge in [-0.1, -0.05) is 35.9 Å². The Balaban J connectivity index is 1.56. The van der Waals surface area contributed by atoms with Gasteiger partial charge in [0, 0.05) is 10.6 Å². The zero-order valence-electron chi connectivity index (χ0n) is 14.2. The molecule has 0 spiro atoms. The zero-order chi connectivity index (χ0) is 19.1. The highest BCUT2D eigenvalue weighted by molar-refractivity contribution is 6.30. The van der Waals surface area contributed by atoms with Gasteiger partial charge >= 0.3 is 0 Å². The van der Waals surface area contributed by atoms with Crippen LogP contribution in [0.4, 0.5) is 4.39 Å². The summed E-state index contributed by atoms with van der Waals surface area (Å²) in [4.78, 5) is 11.9. The first-order chi connectivity index (χ1) is 13.1. The molecular formula is C21H16ClFN2O2. The average molecular weight is 383 g/mol. The second-order valence-electron chi connectivity index (χ2n) is 5.69. The molecular weight excluding hydrogens is 367 g/mol. The third-order valence-corrected chi connectivity index (χ3v) is 3.91. The smallest absolute Gasteiger partial charge is 0.271 e. The van der Waals surface area contributed by atoms with Crippen molar-refractivity contribution in [3.05, 3.63) is 100 Å². The fourth-order valence-corrected chi connectivity index (χ4v) is 2.39. The molecule has 0 saturated carbocycles. The molecule has 0 heterocycles. The van der Waals surface area contributed by atoms with Crippen molar-refractivity contribution in [2.24, 2.45) is 5.10 Å². The Labute approximate surface area is 161 Å². The number of rotatable bonds is 6. The molecule has 4 nitrogen and oxygen atoms in total. The standard InChI is InChI=1S/C21H16ClFN2O2/c22-18-8-4-15(5-9-18)14-27-20-3-1-2-16(12-20)13-24-25-21(26)17-6-10-19(23)11-7-17/h1-13H,14H2,(H,25,26)/b24-13-. The number of benzene rings is 3. The lowest BCUT2D eigenvalue weighted by molar-refractivity contribution is 0.0955. The Kier molecular flexibility index (Phi) is 6.18. The molecule has 0 bridgehead atoms. The number of amides is 1. The topological polar surface area (TPSA) is 50.7 Å². The van der Waals surface area contributed by atoms with E-state index in [1.807, 2.05) is 48.5 Å². The van der Waals surface area contributed by atoms with Crippen molar-refractivity contribution < 1.29 is 13.9 Å². The van der Waals surface area contributed by atoms with Gasteiger partial charge in [0.15, 0.2) is 0 Å². The molecule has 0 unspecified atom stereocenters. The van der Waals surface area contributed by atoms with Gasteiger partial charge in [-0.05, 0) is 59.7 Å². The van der Waals surface area contributed by atoms with E-state index in [1.165, 1.54) is 30.5 Å². The summed E-state index contributed by atoms with van der Waals surface area (Å²) in [6.07, 6.45) is 1.51. The largest absolute Gasteiger partial charge is 0.489 e. The minimum atomic E-state index is -0.415. The van der Waals surface area contributed by atoms with Crippen LogP contribution in [-0.4, -0.2) is 12.1 Å². The van der Waals surface area contributed by atoms with Crippen LogP contribution in [-0.2, 0) is 6.61 Å². The quantitative estimate of drug-likeness (QED) is 0.490. The number of hydrogen-bond donors (Lipinski definition) is 1. The van der Waals surface area contributed by atoms with Crippen molar-refractivity contribution in [2.45, 2.75) is 6.61 Å². The predicted octanol–water partition coefficient (Wildman–Crippen LogP) is 4.82. The van der Waals surface area contributed by atoms with Crippen LogP contribution in [0.1, 0.15) is 21.5 Å². The molecule has 0 aliphatic carbocycles. The minimum absolute atomic E-state index is 0.327. The highest BCUT2D eigenvalue weighted by Crippen LogP contribution is 2.15. The maximum absolute atomic E-state index is 12.9. The molecule has 0 fully saturated rings. The van der Waals surface area contributed by atoms with Crippen molar-refractivity contribution in [1.82, 2.24) is 5.43 Å². The summed E-state index contributed by atoms with van der Waals surface area (Å²) in [7, 11) is 0. The lowest BCUT2D eigenvalue weighted by Crippen LogP contribution is -2.17. The molecule has 6 heteroatoms.